The Morgan fingerprint density at radius 1 is 1.47 bits per heavy atom. The molecule has 3 heteroatoms. The van der Waals surface area contributed by atoms with Crippen molar-refractivity contribution in [1.29, 1.82) is 0 Å². The van der Waals surface area contributed by atoms with Crippen LogP contribution in [-0.4, -0.2) is 31.1 Å². The van der Waals surface area contributed by atoms with Crippen molar-refractivity contribution in [3.63, 3.8) is 0 Å². The summed E-state index contributed by atoms with van der Waals surface area (Å²) in [6.45, 7) is 11.1. The van der Waals surface area contributed by atoms with E-state index in [0.717, 1.165) is 37.7 Å². The first-order valence-electron chi connectivity index (χ1n) is 6.68. The van der Waals surface area contributed by atoms with E-state index >= 15 is 0 Å². The Morgan fingerprint density at radius 2 is 2.29 bits per heavy atom. The van der Waals surface area contributed by atoms with Gasteiger partial charge in [0.05, 0.1) is 6.04 Å². The maximum atomic E-state index is 5.75. The summed E-state index contributed by atoms with van der Waals surface area (Å²) < 4.78 is 5.75. The van der Waals surface area contributed by atoms with Crippen LogP contribution in [0.5, 0.6) is 0 Å². The molecule has 96 valence electrons. The SMILES string of the molecule is Cc1ccc(C(C)N2CCCNCC(C)C2)o1. The van der Waals surface area contributed by atoms with E-state index in [4.69, 9.17) is 4.42 Å². The molecule has 17 heavy (non-hydrogen) atoms. The highest BCUT2D eigenvalue weighted by atomic mass is 16.3. The van der Waals surface area contributed by atoms with Crippen LogP contribution in [0.25, 0.3) is 0 Å². The minimum Gasteiger partial charge on any atom is -0.465 e. The molecule has 1 aromatic heterocycles. The average molecular weight is 236 g/mol. The number of hydrogen-bond donors (Lipinski definition) is 1. The summed E-state index contributed by atoms with van der Waals surface area (Å²) in [6, 6.07) is 4.56. The fourth-order valence-electron chi connectivity index (χ4n) is 2.52. The van der Waals surface area contributed by atoms with E-state index in [0.29, 0.717) is 12.0 Å². The zero-order valence-corrected chi connectivity index (χ0v) is 11.2. The van der Waals surface area contributed by atoms with Gasteiger partial charge in [-0.15, -0.1) is 0 Å². The van der Waals surface area contributed by atoms with Gasteiger partial charge in [0, 0.05) is 13.1 Å². The molecule has 0 aliphatic carbocycles. The first-order valence-corrected chi connectivity index (χ1v) is 6.68. The van der Waals surface area contributed by atoms with E-state index < -0.39 is 0 Å². The second kappa shape index (κ2) is 5.69. The molecule has 0 radical (unpaired) electrons. The first kappa shape index (κ1) is 12.7. The number of nitrogens with zero attached hydrogens (tertiary/aromatic N) is 1. The monoisotopic (exact) mass is 236 g/mol. The van der Waals surface area contributed by atoms with Crippen LogP contribution >= 0.6 is 0 Å². The summed E-state index contributed by atoms with van der Waals surface area (Å²) in [4.78, 5) is 2.55. The highest BCUT2D eigenvalue weighted by molar-refractivity contribution is 5.09. The van der Waals surface area contributed by atoms with Crippen LogP contribution in [0, 0.1) is 12.8 Å². The Labute approximate surface area is 104 Å². The highest BCUT2D eigenvalue weighted by Gasteiger charge is 2.21. The summed E-state index contributed by atoms with van der Waals surface area (Å²) >= 11 is 0. The molecule has 1 saturated heterocycles. The smallest absolute Gasteiger partial charge is 0.121 e. The quantitative estimate of drug-likeness (QED) is 0.855. The summed E-state index contributed by atoms with van der Waals surface area (Å²) in [5, 5.41) is 3.49. The second-order valence-electron chi connectivity index (χ2n) is 5.28. The molecule has 0 bridgehead atoms. The van der Waals surface area contributed by atoms with Crippen LogP contribution in [0.4, 0.5) is 0 Å². The molecule has 2 heterocycles. The summed E-state index contributed by atoms with van der Waals surface area (Å²) in [5.74, 6) is 2.81. The largest absolute Gasteiger partial charge is 0.465 e. The van der Waals surface area contributed by atoms with Crippen molar-refractivity contribution in [1.82, 2.24) is 10.2 Å². The molecule has 0 spiro atoms. The topological polar surface area (TPSA) is 28.4 Å². The third kappa shape index (κ3) is 3.33. The summed E-state index contributed by atoms with van der Waals surface area (Å²) in [5.41, 5.74) is 0. The van der Waals surface area contributed by atoms with Crippen molar-refractivity contribution in [3.05, 3.63) is 23.7 Å². The predicted octanol–water partition coefficient (Wildman–Crippen LogP) is 2.58. The fraction of sp³-hybridized carbons (Fsp3) is 0.714. The van der Waals surface area contributed by atoms with E-state index in [2.05, 4.69) is 36.2 Å². The average Bonchev–Trinajstić information content (AvgIpc) is 2.69. The van der Waals surface area contributed by atoms with Gasteiger partial charge in [0.25, 0.3) is 0 Å². The lowest BCUT2D eigenvalue weighted by molar-refractivity contribution is 0.150. The van der Waals surface area contributed by atoms with Gasteiger partial charge in [0.1, 0.15) is 11.5 Å². The Kier molecular flexibility index (Phi) is 4.24. The molecule has 1 fully saturated rings. The van der Waals surface area contributed by atoms with Crippen molar-refractivity contribution < 1.29 is 4.42 Å². The minimum absolute atomic E-state index is 0.393. The number of furan rings is 1. The van der Waals surface area contributed by atoms with Gasteiger partial charge in [-0.3, -0.25) is 4.90 Å². The van der Waals surface area contributed by atoms with E-state index in [1.165, 1.54) is 6.42 Å². The lowest BCUT2D eigenvalue weighted by atomic mass is 10.1. The molecule has 0 saturated carbocycles. The third-order valence-corrected chi connectivity index (χ3v) is 3.56. The van der Waals surface area contributed by atoms with E-state index in [1.54, 1.807) is 0 Å². The Balaban J connectivity index is 2.03. The number of hydrogen-bond acceptors (Lipinski definition) is 3. The van der Waals surface area contributed by atoms with Crippen LogP contribution in [0.2, 0.25) is 0 Å². The van der Waals surface area contributed by atoms with Gasteiger partial charge in [-0.2, -0.15) is 0 Å². The zero-order chi connectivity index (χ0) is 12.3. The lowest BCUT2D eigenvalue weighted by Gasteiger charge is -2.32. The van der Waals surface area contributed by atoms with Gasteiger partial charge >= 0.3 is 0 Å². The molecule has 2 atom stereocenters. The number of aryl methyl sites for hydroxylation is 1. The maximum Gasteiger partial charge on any atom is 0.121 e. The van der Waals surface area contributed by atoms with Crippen molar-refractivity contribution in [2.45, 2.75) is 33.2 Å². The van der Waals surface area contributed by atoms with Gasteiger partial charge in [-0.05, 0) is 51.4 Å². The van der Waals surface area contributed by atoms with Crippen molar-refractivity contribution in [2.24, 2.45) is 5.92 Å². The molecule has 0 amide bonds. The first-order chi connectivity index (χ1) is 8.16. The molecule has 3 nitrogen and oxygen atoms in total. The molecule has 1 N–H and O–H groups in total. The summed E-state index contributed by atoms with van der Waals surface area (Å²) in [7, 11) is 0. The minimum atomic E-state index is 0.393. The van der Waals surface area contributed by atoms with Crippen LogP contribution in [0.3, 0.4) is 0 Å². The van der Waals surface area contributed by atoms with Crippen molar-refractivity contribution >= 4 is 0 Å². The van der Waals surface area contributed by atoms with Crippen LogP contribution in [0.1, 0.15) is 37.8 Å². The van der Waals surface area contributed by atoms with Crippen LogP contribution in [-0.2, 0) is 0 Å². The molecule has 1 aromatic rings. The van der Waals surface area contributed by atoms with Gasteiger partial charge < -0.3 is 9.73 Å². The zero-order valence-electron chi connectivity index (χ0n) is 11.2. The molecular weight excluding hydrogens is 212 g/mol. The van der Waals surface area contributed by atoms with E-state index in [-0.39, 0.29) is 0 Å². The van der Waals surface area contributed by atoms with E-state index in [1.807, 2.05) is 6.92 Å². The lowest BCUT2D eigenvalue weighted by Crippen LogP contribution is -2.39. The van der Waals surface area contributed by atoms with Crippen molar-refractivity contribution in [3.8, 4) is 0 Å². The summed E-state index contributed by atoms with van der Waals surface area (Å²) in [6.07, 6.45) is 1.22. The number of rotatable bonds is 2. The van der Waals surface area contributed by atoms with Crippen LogP contribution < -0.4 is 5.32 Å². The second-order valence-corrected chi connectivity index (χ2v) is 5.28. The normalized spacial score (nSPS) is 25.2. The Bertz CT molecular complexity index is 348. The molecule has 1 aliphatic rings. The van der Waals surface area contributed by atoms with Crippen molar-refractivity contribution in [2.75, 3.05) is 26.2 Å². The van der Waals surface area contributed by atoms with Gasteiger partial charge in [0.15, 0.2) is 0 Å². The van der Waals surface area contributed by atoms with Crippen LogP contribution in [0.15, 0.2) is 16.5 Å². The standard InChI is InChI=1S/C14H24N2O/c1-11-9-15-7-4-8-16(10-11)13(3)14-6-5-12(2)17-14/h5-6,11,13,15H,4,7-10H2,1-3H3. The fourth-order valence-corrected chi connectivity index (χ4v) is 2.52. The Morgan fingerprint density at radius 3 is 3.00 bits per heavy atom. The molecular formula is C14H24N2O. The third-order valence-electron chi connectivity index (χ3n) is 3.56. The predicted molar refractivity (Wildman–Crippen MR) is 70.1 cm³/mol. The molecule has 2 rings (SSSR count). The number of nitrogens with one attached hydrogen (secondary N) is 1. The molecule has 0 aromatic carbocycles. The van der Waals surface area contributed by atoms with E-state index in [9.17, 15) is 0 Å². The highest BCUT2D eigenvalue weighted by Crippen LogP contribution is 2.23. The maximum absolute atomic E-state index is 5.75. The van der Waals surface area contributed by atoms with Gasteiger partial charge in [-0.25, -0.2) is 0 Å². The molecule has 1 aliphatic heterocycles. The van der Waals surface area contributed by atoms with Gasteiger partial charge in [-0.1, -0.05) is 6.92 Å². The molecule has 2 unspecified atom stereocenters. The van der Waals surface area contributed by atoms with Gasteiger partial charge in [0.2, 0.25) is 0 Å². The Hall–Kier alpha value is -0.800.